The lowest BCUT2D eigenvalue weighted by Crippen LogP contribution is -2.35. The van der Waals surface area contributed by atoms with Gasteiger partial charge in [-0.3, -0.25) is 9.69 Å². The lowest BCUT2D eigenvalue weighted by Gasteiger charge is -2.28. The Bertz CT molecular complexity index is 814. The average molecular weight is 343 g/mol. The number of fused-ring (bicyclic) bond motifs is 1. The van der Waals surface area contributed by atoms with E-state index in [1.54, 1.807) is 6.07 Å². The molecule has 0 radical (unpaired) electrons. The number of phenols is 1. The van der Waals surface area contributed by atoms with Crippen molar-refractivity contribution >= 4 is 0 Å². The second-order valence-electron chi connectivity index (χ2n) is 6.73. The Hall–Kier alpha value is -2.34. The largest absolute Gasteiger partial charge is 0.504 e. The summed E-state index contributed by atoms with van der Waals surface area (Å²) in [5, 5.41) is 9.82. The van der Waals surface area contributed by atoms with Gasteiger partial charge >= 0.3 is 0 Å². The fraction of sp³-hybridized carbons (Fsp3) is 0.474. The molecule has 2 heterocycles. The normalized spacial score (nSPS) is 14.6. The molecule has 0 saturated heterocycles. The van der Waals surface area contributed by atoms with E-state index < -0.39 is 0 Å². The molecule has 1 aliphatic heterocycles. The summed E-state index contributed by atoms with van der Waals surface area (Å²) in [6.45, 7) is 8.59. The summed E-state index contributed by atoms with van der Waals surface area (Å²) in [5.41, 5.74) is 2.70. The summed E-state index contributed by atoms with van der Waals surface area (Å²) >= 11 is 0. The SMILES string of the molecule is CCOc1cc(CN2CCc3nc(C(C)C)[nH]c(=O)c3C2)ccc1O. The van der Waals surface area contributed by atoms with Crippen molar-refractivity contribution in [3.05, 3.63) is 51.2 Å². The molecule has 0 amide bonds. The maximum absolute atomic E-state index is 12.4. The van der Waals surface area contributed by atoms with Gasteiger partial charge in [0.05, 0.1) is 17.9 Å². The van der Waals surface area contributed by atoms with Gasteiger partial charge in [-0.05, 0) is 24.6 Å². The molecule has 0 bridgehead atoms. The van der Waals surface area contributed by atoms with Crippen LogP contribution in [0.25, 0.3) is 0 Å². The van der Waals surface area contributed by atoms with Crippen molar-refractivity contribution in [2.24, 2.45) is 0 Å². The second kappa shape index (κ2) is 7.27. The van der Waals surface area contributed by atoms with Crippen LogP contribution in [0, 0.1) is 0 Å². The van der Waals surface area contributed by atoms with Crippen LogP contribution in [-0.4, -0.2) is 33.1 Å². The van der Waals surface area contributed by atoms with Crippen LogP contribution < -0.4 is 10.3 Å². The molecule has 1 aliphatic rings. The first-order chi connectivity index (χ1) is 12.0. The van der Waals surface area contributed by atoms with Crippen molar-refractivity contribution in [3.8, 4) is 11.5 Å². The number of aromatic nitrogens is 2. The predicted octanol–water partition coefficient (Wildman–Crippen LogP) is 2.56. The number of hydrogen-bond donors (Lipinski definition) is 2. The molecule has 1 aromatic carbocycles. The number of rotatable bonds is 5. The van der Waals surface area contributed by atoms with Crippen molar-refractivity contribution in [1.29, 1.82) is 0 Å². The number of hydrogen-bond acceptors (Lipinski definition) is 5. The van der Waals surface area contributed by atoms with Gasteiger partial charge < -0.3 is 14.8 Å². The third kappa shape index (κ3) is 3.85. The van der Waals surface area contributed by atoms with Crippen LogP contribution in [0.1, 0.15) is 49.3 Å². The first kappa shape index (κ1) is 17.5. The highest BCUT2D eigenvalue weighted by atomic mass is 16.5. The molecular weight excluding hydrogens is 318 g/mol. The van der Waals surface area contributed by atoms with E-state index in [0.717, 1.165) is 35.6 Å². The number of nitrogens with one attached hydrogen (secondary N) is 1. The van der Waals surface area contributed by atoms with Crippen LogP contribution in [0.4, 0.5) is 0 Å². The van der Waals surface area contributed by atoms with Crippen molar-refractivity contribution in [2.75, 3.05) is 13.2 Å². The van der Waals surface area contributed by atoms with Crippen LogP contribution in [0.15, 0.2) is 23.0 Å². The lowest BCUT2D eigenvalue weighted by atomic mass is 10.0. The van der Waals surface area contributed by atoms with Gasteiger partial charge in [-0.25, -0.2) is 4.98 Å². The second-order valence-corrected chi connectivity index (χ2v) is 6.73. The molecular formula is C19H25N3O3. The van der Waals surface area contributed by atoms with E-state index in [2.05, 4.69) is 14.9 Å². The number of phenolic OH excluding ortho intramolecular Hbond substituents is 1. The maximum atomic E-state index is 12.4. The summed E-state index contributed by atoms with van der Waals surface area (Å²) in [6.07, 6.45) is 0.773. The van der Waals surface area contributed by atoms with Gasteiger partial charge in [0.25, 0.3) is 5.56 Å². The van der Waals surface area contributed by atoms with E-state index in [1.165, 1.54) is 0 Å². The highest BCUT2D eigenvalue weighted by Gasteiger charge is 2.22. The Kier molecular flexibility index (Phi) is 5.08. The Balaban J connectivity index is 1.77. The summed E-state index contributed by atoms with van der Waals surface area (Å²) in [7, 11) is 0. The molecule has 25 heavy (non-hydrogen) atoms. The molecule has 0 aliphatic carbocycles. The lowest BCUT2D eigenvalue weighted by molar-refractivity contribution is 0.240. The van der Waals surface area contributed by atoms with Gasteiger partial charge in [0.2, 0.25) is 0 Å². The van der Waals surface area contributed by atoms with Crippen molar-refractivity contribution in [2.45, 2.75) is 46.2 Å². The molecule has 0 atom stereocenters. The molecule has 0 fully saturated rings. The molecule has 2 N–H and O–H groups in total. The zero-order valence-corrected chi connectivity index (χ0v) is 15.0. The van der Waals surface area contributed by atoms with E-state index in [4.69, 9.17) is 4.74 Å². The van der Waals surface area contributed by atoms with Gasteiger partial charge in [-0.2, -0.15) is 0 Å². The van der Waals surface area contributed by atoms with Crippen LogP contribution in [0.2, 0.25) is 0 Å². The average Bonchev–Trinajstić information content (AvgIpc) is 2.58. The maximum Gasteiger partial charge on any atom is 0.255 e. The Morgan fingerprint density at radius 2 is 2.20 bits per heavy atom. The van der Waals surface area contributed by atoms with Gasteiger partial charge in [0.1, 0.15) is 5.82 Å². The molecule has 6 heteroatoms. The Morgan fingerprint density at radius 3 is 2.92 bits per heavy atom. The molecule has 1 aromatic heterocycles. The molecule has 2 aromatic rings. The molecule has 0 spiro atoms. The monoisotopic (exact) mass is 343 g/mol. The van der Waals surface area contributed by atoms with Crippen LogP contribution >= 0.6 is 0 Å². The minimum Gasteiger partial charge on any atom is -0.504 e. The third-order valence-corrected chi connectivity index (χ3v) is 4.44. The standard InChI is InChI=1S/C19H25N3O3/c1-4-25-17-9-13(5-6-16(17)23)10-22-8-7-15-14(11-22)19(24)21-18(20-15)12(2)3/h5-6,9,12,23H,4,7-8,10-11H2,1-3H3,(H,20,21,24). The fourth-order valence-electron chi connectivity index (χ4n) is 3.09. The molecule has 0 saturated carbocycles. The topological polar surface area (TPSA) is 78.5 Å². The van der Waals surface area contributed by atoms with Crippen LogP contribution in [0.3, 0.4) is 0 Å². The van der Waals surface area contributed by atoms with Gasteiger partial charge in [0, 0.05) is 32.0 Å². The Labute approximate surface area is 147 Å². The van der Waals surface area contributed by atoms with Crippen molar-refractivity contribution < 1.29 is 9.84 Å². The van der Waals surface area contributed by atoms with Crippen molar-refractivity contribution in [3.63, 3.8) is 0 Å². The van der Waals surface area contributed by atoms with Gasteiger partial charge in [-0.15, -0.1) is 0 Å². The number of aromatic amines is 1. The quantitative estimate of drug-likeness (QED) is 0.872. The predicted molar refractivity (Wildman–Crippen MR) is 96.0 cm³/mol. The van der Waals surface area contributed by atoms with Crippen LogP contribution in [0.5, 0.6) is 11.5 Å². The fourth-order valence-corrected chi connectivity index (χ4v) is 3.09. The zero-order chi connectivity index (χ0) is 18.0. The third-order valence-electron chi connectivity index (χ3n) is 4.44. The highest BCUT2D eigenvalue weighted by Crippen LogP contribution is 2.28. The zero-order valence-electron chi connectivity index (χ0n) is 15.0. The summed E-state index contributed by atoms with van der Waals surface area (Å²) in [4.78, 5) is 22.2. The van der Waals surface area contributed by atoms with Crippen LogP contribution in [-0.2, 0) is 19.5 Å². The summed E-state index contributed by atoms with van der Waals surface area (Å²) in [6, 6.07) is 5.40. The first-order valence-electron chi connectivity index (χ1n) is 8.77. The molecule has 134 valence electrons. The number of benzene rings is 1. The summed E-state index contributed by atoms with van der Waals surface area (Å²) in [5.74, 6) is 1.62. The Morgan fingerprint density at radius 1 is 1.40 bits per heavy atom. The number of aromatic hydroxyl groups is 1. The number of nitrogens with zero attached hydrogens (tertiary/aromatic N) is 2. The molecule has 3 rings (SSSR count). The minimum atomic E-state index is -0.0286. The highest BCUT2D eigenvalue weighted by molar-refractivity contribution is 5.41. The minimum absolute atomic E-state index is 0.0286. The van der Waals surface area contributed by atoms with E-state index in [0.29, 0.717) is 25.4 Å². The van der Waals surface area contributed by atoms with Gasteiger partial charge in [0.15, 0.2) is 11.5 Å². The smallest absolute Gasteiger partial charge is 0.255 e. The number of ether oxygens (including phenoxy) is 1. The first-order valence-corrected chi connectivity index (χ1v) is 8.77. The molecule has 6 nitrogen and oxygen atoms in total. The van der Waals surface area contributed by atoms with E-state index in [9.17, 15) is 9.90 Å². The van der Waals surface area contributed by atoms with Crippen molar-refractivity contribution in [1.82, 2.24) is 14.9 Å². The number of H-pyrrole nitrogens is 1. The summed E-state index contributed by atoms with van der Waals surface area (Å²) < 4.78 is 5.44. The van der Waals surface area contributed by atoms with Gasteiger partial charge in [-0.1, -0.05) is 19.9 Å². The van der Waals surface area contributed by atoms with E-state index in [-0.39, 0.29) is 17.2 Å². The van der Waals surface area contributed by atoms with E-state index in [1.807, 2.05) is 32.9 Å². The molecule has 0 unspecified atom stereocenters. The van der Waals surface area contributed by atoms with E-state index >= 15 is 0 Å².